The van der Waals surface area contributed by atoms with Crippen LogP contribution < -0.4 is 11.1 Å². The van der Waals surface area contributed by atoms with E-state index in [9.17, 15) is 0 Å². The minimum Gasteiger partial charge on any atom is -0.368 e. The highest BCUT2D eigenvalue weighted by Crippen LogP contribution is 2.09. The lowest BCUT2D eigenvalue weighted by atomic mass is 10.6. The number of aromatic nitrogens is 6. The zero-order chi connectivity index (χ0) is 13.1. The van der Waals surface area contributed by atoms with Gasteiger partial charge in [0.05, 0.1) is 6.54 Å². The number of hydrogen-bond donors (Lipinski definition) is 2. The van der Waals surface area contributed by atoms with E-state index in [1.807, 2.05) is 5.38 Å². The Morgan fingerprint density at radius 1 is 1.26 bits per heavy atom. The highest BCUT2D eigenvalue weighted by Gasteiger charge is 2.06. The van der Waals surface area contributed by atoms with Crippen LogP contribution in [0.25, 0.3) is 5.95 Å². The van der Waals surface area contributed by atoms with E-state index < -0.39 is 0 Å². The van der Waals surface area contributed by atoms with Crippen LogP contribution in [0.3, 0.4) is 0 Å². The van der Waals surface area contributed by atoms with E-state index in [1.165, 1.54) is 0 Å². The lowest BCUT2D eigenvalue weighted by Gasteiger charge is -2.06. The van der Waals surface area contributed by atoms with Crippen LogP contribution in [0.4, 0.5) is 11.9 Å². The molecule has 0 aliphatic heterocycles. The molecule has 0 saturated heterocycles. The van der Waals surface area contributed by atoms with E-state index in [0.29, 0.717) is 18.4 Å². The molecule has 96 valence electrons. The molecule has 3 aromatic heterocycles. The van der Waals surface area contributed by atoms with Crippen LogP contribution in [0, 0.1) is 0 Å². The highest BCUT2D eigenvalue weighted by atomic mass is 32.1. The van der Waals surface area contributed by atoms with E-state index in [1.54, 1.807) is 40.8 Å². The SMILES string of the molecule is Nc1nc(NCc2nccs2)nc(-n2ccnc2)n1. The van der Waals surface area contributed by atoms with Crippen LogP contribution in [0.5, 0.6) is 0 Å². The summed E-state index contributed by atoms with van der Waals surface area (Å²) in [7, 11) is 0. The normalized spacial score (nSPS) is 10.5. The number of nitrogens with two attached hydrogens (primary N) is 1. The monoisotopic (exact) mass is 274 g/mol. The summed E-state index contributed by atoms with van der Waals surface area (Å²) in [6, 6.07) is 0. The first-order chi connectivity index (χ1) is 9.31. The van der Waals surface area contributed by atoms with Crippen molar-refractivity contribution in [2.75, 3.05) is 11.1 Å². The summed E-state index contributed by atoms with van der Waals surface area (Å²) in [4.78, 5) is 20.4. The van der Waals surface area contributed by atoms with Crippen molar-refractivity contribution in [3.63, 3.8) is 0 Å². The quantitative estimate of drug-likeness (QED) is 0.721. The summed E-state index contributed by atoms with van der Waals surface area (Å²) >= 11 is 1.56. The zero-order valence-corrected chi connectivity index (χ0v) is 10.6. The number of hydrogen-bond acceptors (Lipinski definition) is 8. The largest absolute Gasteiger partial charge is 0.368 e. The summed E-state index contributed by atoms with van der Waals surface area (Å²) < 4.78 is 1.66. The Bertz CT molecular complexity index is 648. The van der Waals surface area contributed by atoms with E-state index in [0.717, 1.165) is 5.01 Å². The Labute approximate surface area is 112 Å². The van der Waals surface area contributed by atoms with Crippen LogP contribution in [0.1, 0.15) is 5.01 Å². The molecule has 8 nitrogen and oxygen atoms in total. The number of nitrogens with zero attached hydrogens (tertiary/aromatic N) is 6. The summed E-state index contributed by atoms with van der Waals surface area (Å²) in [5, 5.41) is 5.92. The van der Waals surface area contributed by atoms with Gasteiger partial charge in [-0.05, 0) is 0 Å². The first-order valence-electron chi connectivity index (χ1n) is 5.43. The second kappa shape index (κ2) is 4.98. The zero-order valence-electron chi connectivity index (χ0n) is 9.76. The molecule has 0 aliphatic rings. The Morgan fingerprint density at radius 2 is 2.21 bits per heavy atom. The molecule has 0 spiro atoms. The molecular formula is C10H10N8S. The molecule has 0 bridgehead atoms. The van der Waals surface area contributed by atoms with Gasteiger partial charge in [-0.25, -0.2) is 9.97 Å². The first-order valence-corrected chi connectivity index (χ1v) is 6.31. The second-order valence-corrected chi connectivity index (χ2v) is 4.55. The first kappa shape index (κ1) is 11.5. The molecule has 0 radical (unpaired) electrons. The molecule has 3 aromatic rings. The topological polar surface area (TPSA) is 107 Å². The Kier molecular flexibility index (Phi) is 3.02. The molecule has 3 N–H and O–H groups in total. The van der Waals surface area contributed by atoms with E-state index in [-0.39, 0.29) is 5.95 Å². The summed E-state index contributed by atoms with van der Waals surface area (Å²) in [5.74, 6) is 0.985. The van der Waals surface area contributed by atoms with Gasteiger partial charge in [0.25, 0.3) is 0 Å². The highest BCUT2D eigenvalue weighted by molar-refractivity contribution is 7.09. The molecule has 19 heavy (non-hydrogen) atoms. The maximum absolute atomic E-state index is 5.67. The lowest BCUT2D eigenvalue weighted by Crippen LogP contribution is -2.10. The maximum atomic E-state index is 5.67. The van der Waals surface area contributed by atoms with Gasteiger partial charge < -0.3 is 11.1 Å². The Hall–Kier alpha value is -2.55. The smallest absolute Gasteiger partial charge is 0.241 e. The number of thiazole rings is 1. The third kappa shape index (κ3) is 2.65. The predicted molar refractivity (Wildman–Crippen MR) is 70.8 cm³/mol. The second-order valence-electron chi connectivity index (χ2n) is 3.57. The molecule has 0 atom stereocenters. The lowest BCUT2D eigenvalue weighted by molar-refractivity contribution is 0.894. The Balaban J connectivity index is 1.82. The number of rotatable bonds is 4. The molecule has 0 fully saturated rings. The minimum absolute atomic E-state index is 0.153. The van der Waals surface area contributed by atoms with Crippen LogP contribution >= 0.6 is 11.3 Å². The van der Waals surface area contributed by atoms with E-state index >= 15 is 0 Å². The van der Waals surface area contributed by atoms with Crippen molar-refractivity contribution in [2.45, 2.75) is 6.54 Å². The van der Waals surface area contributed by atoms with Crippen molar-refractivity contribution in [3.05, 3.63) is 35.3 Å². The average Bonchev–Trinajstić information content (AvgIpc) is 3.09. The van der Waals surface area contributed by atoms with Gasteiger partial charge >= 0.3 is 0 Å². The third-order valence-electron chi connectivity index (χ3n) is 2.26. The number of nitrogens with one attached hydrogen (secondary N) is 1. The van der Waals surface area contributed by atoms with Crippen LogP contribution in [-0.4, -0.2) is 29.5 Å². The molecule has 9 heteroatoms. The van der Waals surface area contributed by atoms with Gasteiger partial charge in [0, 0.05) is 24.0 Å². The van der Waals surface area contributed by atoms with Gasteiger partial charge in [0.15, 0.2) is 0 Å². The van der Waals surface area contributed by atoms with Crippen molar-refractivity contribution in [3.8, 4) is 5.95 Å². The molecule has 0 saturated carbocycles. The molecule has 3 rings (SSSR count). The molecule has 0 amide bonds. The van der Waals surface area contributed by atoms with Crippen LogP contribution in [-0.2, 0) is 6.54 Å². The average molecular weight is 274 g/mol. The molecule has 3 heterocycles. The van der Waals surface area contributed by atoms with Crippen molar-refractivity contribution < 1.29 is 0 Å². The standard InChI is InChI=1S/C10H10N8S/c11-8-15-9(14-5-7-13-2-4-19-7)17-10(16-8)18-3-1-12-6-18/h1-4,6H,5H2,(H3,11,14,15,16,17). The van der Waals surface area contributed by atoms with Gasteiger partial charge in [-0.2, -0.15) is 15.0 Å². The van der Waals surface area contributed by atoms with Gasteiger partial charge in [-0.15, -0.1) is 11.3 Å². The summed E-state index contributed by atoms with van der Waals surface area (Å²) in [5.41, 5.74) is 5.67. The number of anilines is 2. The van der Waals surface area contributed by atoms with Gasteiger partial charge in [-0.1, -0.05) is 0 Å². The molecule has 0 aliphatic carbocycles. The maximum Gasteiger partial charge on any atom is 0.241 e. The Morgan fingerprint density at radius 3 is 2.95 bits per heavy atom. The van der Waals surface area contributed by atoms with Crippen molar-refractivity contribution >= 4 is 23.2 Å². The van der Waals surface area contributed by atoms with E-state index in [4.69, 9.17) is 5.73 Å². The fourth-order valence-corrected chi connectivity index (χ4v) is 2.00. The molecular weight excluding hydrogens is 264 g/mol. The van der Waals surface area contributed by atoms with Gasteiger partial charge in [-0.3, -0.25) is 4.57 Å². The van der Waals surface area contributed by atoms with Crippen molar-refractivity contribution in [2.24, 2.45) is 0 Å². The molecule has 0 aromatic carbocycles. The van der Waals surface area contributed by atoms with Crippen molar-refractivity contribution in [1.29, 1.82) is 0 Å². The number of nitrogen functional groups attached to an aromatic ring is 1. The molecule has 0 unspecified atom stereocenters. The fraction of sp³-hybridized carbons (Fsp3) is 0.100. The summed E-state index contributed by atoms with van der Waals surface area (Å²) in [6.07, 6.45) is 6.72. The van der Waals surface area contributed by atoms with Crippen LogP contribution in [0.2, 0.25) is 0 Å². The predicted octanol–water partition coefficient (Wildman–Crippen LogP) is 0.708. The number of imidazole rings is 1. The van der Waals surface area contributed by atoms with Gasteiger partial charge in [0.1, 0.15) is 11.3 Å². The van der Waals surface area contributed by atoms with Crippen LogP contribution in [0.15, 0.2) is 30.3 Å². The fourth-order valence-electron chi connectivity index (χ4n) is 1.45. The van der Waals surface area contributed by atoms with Gasteiger partial charge in [0.2, 0.25) is 17.8 Å². The van der Waals surface area contributed by atoms with E-state index in [2.05, 4.69) is 30.2 Å². The summed E-state index contributed by atoms with van der Waals surface area (Å²) in [6.45, 7) is 0.546. The minimum atomic E-state index is 0.153. The van der Waals surface area contributed by atoms with Crippen molar-refractivity contribution in [1.82, 2.24) is 29.5 Å². The third-order valence-corrected chi connectivity index (χ3v) is 3.04.